The van der Waals surface area contributed by atoms with Crippen LogP contribution in [0.15, 0.2) is 0 Å². The summed E-state index contributed by atoms with van der Waals surface area (Å²) in [6.45, 7) is 2.22. The smallest absolute Gasteiger partial charge is 0.305 e. The monoisotopic (exact) mass is 292 g/mol. The van der Waals surface area contributed by atoms with Gasteiger partial charge in [0.2, 0.25) is 11.8 Å². The molecule has 0 aromatic rings. The van der Waals surface area contributed by atoms with Gasteiger partial charge in [-0.2, -0.15) is 0 Å². The summed E-state index contributed by atoms with van der Waals surface area (Å²) in [6.07, 6.45) is 2.22. The molecule has 3 N–H and O–H groups in total. The van der Waals surface area contributed by atoms with Crippen molar-refractivity contribution < 1.29 is 19.5 Å². The molecule has 0 saturated carbocycles. The minimum Gasteiger partial charge on any atom is -0.481 e. The first-order chi connectivity index (χ1) is 9.34. The third-order valence-electron chi connectivity index (χ3n) is 2.84. The number of rotatable bonds is 10. The number of aliphatic carboxylic acids is 1. The zero-order chi connectivity index (χ0) is 15.5. The number of carbonyl (C=O) groups excluding carboxylic acids is 2. The predicted octanol–water partition coefficient (Wildman–Crippen LogP) is -0.186. The first-order valence-corrected chi connectivity index (χ1v) is 6.75. The molecule has 7 nitrogen and oxygen atoms in total. The Hall–Kier alpha value is -1.63. The average Bonchev–Trinajstić information content (AvgIpc) is 2.32. The van der Waals surface area contributed by atoms with Crippen molar-refractivity contribution in [2.24, 2.45) is 0 Å². The van der Waals surface area contributed by atoms with Gasteiger partial charge in [-0.1, -0.05) is 0 Å². The summed E-state index contributed by atoms with van der Waals surface area (Å²) in [4.78, 5) is 34.8. The number of amides is 2. The normalized spacial score (nSPS) is 12.0. The fraction of sp³-hybridized carbons (Fsp3) is 0.769. The van der Waals surface area contributed by atoms with Crippen LogP contribution in [0.3, 0.4) is 0 Å². The van der Waals surface area contributed by atoms with Crippen molar-refractivity contribution in [1.82, 2.24) is 15.5 Å². The Labute approximate surface area is 119 Å². The van der Waals surface area contributed by atoms with E-state index in [0.29, 0.717) is 13.0 Å². The summed E-state index contributed by atoms with van der Waals surface area (Å²) < 4.78 is 0. The topological polar surface area (TPSA) is 98.7 Å². The van der Waals surface area contributed by atoms with Crippen LogP contribution in [0.4, 0.5) is 0 Å². The van der Waals surface area contributed by atoms with Gasteiger partial charge in [-0.05, 0) is 33.4 Å². The molecule has 0 rings (SSSR count). The van der Waals surface area contributed by atoms with Crippen LogP contribution in [0.1, 0.15) is 32.6 Å². The number of unbranched alkanes of at least 4 members (excludes halogenated alkanes) is 1. The van der Waals surface area contributed by atoms with Gasteiger partial charge >= 0.3 is 5.97 Å². The van der Waals surface area contributed by atoms with Gasteiger partial charge in [0.05, 0.1) is 12.5 Å². The highest BCUT2D eigenvalue weighted by atomic mass is 16.4. The molecule has 0 saturated heterocycles. The lowest BCUT2D eigenvalue weighted by Gasteiger charge is -2.23. The molecule has 20 heavy (non-hydrogen) atoms. The lowest BCUT2D eigenvalue weighted by Crippen LogP contribution is -2.44. The van der Waals surface area contributed by atoms with Gasteiger partial charge in [-0.15, -0.1) is 0 Å². The molecule has 116 valence electrons. The SMILES string of the molecule is C[13C](=O)N[13CH2][13CH2][13CH2][13CH2]C(C(=O)NCCC(=O)O)N(C)C. The molecule has 1 unspecified atom stereocenters. The molecule has 0 fully saturated rings. The van der Waals surface area contributed by atoms with Crippen LogP contribution in [0, 0.1) is 0 Å². The first-order valence-electron chi connectivity index (χ1n) is 6.75. The molecule has 0 aromatic heterocycles. The van der Waals surface area contributed by atoms with Crippen LogP contribution in [0.5, 0.6) is 0 Å². The van der Waals surface area contributed by atoms with E-state index in [1.807, 2.05) is 19.0 Å². The molecule has 0 aromatic carbocycles. The maximum absolute atomic E-state index is 11.9. The Morgan fingerprint density at radius 2 is 1.75 bits per heavy atom. The van der Waals surface area contributed by atoms with E-state index in [1.165, 1.54) is 6.92 Å². The van der Waals surface area contributed by atoms with Gasteiger partial charge in [0, 0.05) is 20.0 Å². The zero-order valence-corrected chi connectivity index (χ0v) is 12.4. The van der Waals surface area contributed by atoms with Crippen LogP contribution in [-0.2, 0) is 14.4 Å². The number of hydrogen-bond donors (Lipinski definition) is 3. The van der Waals surface area contributed by atoms with Crippen LogP contribution < -0.4 is 10.6 Å². The van der Waals surface area contributed by atoms with Gasteiger partial charge in [-0.3, -0.25) is 19.3 Å². The molecule has 0 spiro atoms. The maximum atomic E-state index is 11.9. The molecule has 0 radical (unpaired) electrons. The van der Waals surface area contributed by atoms with Crippen molar-refractivity contribution in [1.29, 1.82) is 0 Å². The van der Waals surface area contributed by atoms with E-state index in [1.54, 1.807) is 0 Å². The van der Waals surface area contributed by atoms with E-state index in [2.05, 4.69) is 10.6 Å². The molecule has 0 heterocycles. The lowest BCUT2D eigenvalue weighted by atomic mass is 10.3. The summed E-state index contributed by atoms with van der Waals surface area (Å²) in [5, 5.41) is 13.9. The Morgan fingerprint density at radius 1 is 1.10 bits per heavy atom. The van der Waals surface area contributed by atoms with Gasteiger partial charge in [0.25, 0.3) is 0 Å². The predicted molar refractivity (Wildman–Crippen MR) is 75.3 cm³/mol. The van der Waals surface area contributed by atoms with Gasteiger partial charge in [0.1, 0.15) is 0 Å². The van der Waals surface area contributed by atoms with Crippen LogP contribution >= 0.6 is 0 Å². The molecule has 1 atom stereocenters. The molecule has 0 aliphatic heterocycles. The molecule has 0 aliphatic carbocycles. The molecule has 7 heteroatoms. The molecule has 0 aliphatic rings. The van der Waals surface area contributed by atoms with Crippen molar-refractivity contribution in [2.75, 3.05) is 27.2 Å². The second-order valence-corrected chi connectivity index (χ2v) is 4.89. The highest BCUT2D eigenvalue weighted by Gasteiger charge is 2.19. The second-order valence-electron chi connectivity index (χ2n) is 4.89. The lowest BCUT2D eigenvalue weighted by molar-refractivity contribution is -0.137. The Kier molecular flexibility index (Phi) is 9.36. The Morgan fingerprint density at radius 3 is 2.25 bits per heavy atom. The quantitative estimate of drug-likeness (QED) is 0.383. The number of carboxylic acid groups (broad SMARTS) is 1. The molecule has 2 amide bonds. The molecular weight excluding hydrogens is 267 g/mol. The highest BCUT2D eigenvalue weighted by Crippen LogP contribution is 2.06. The van der Waals surface area contributed by atoms with Crippen molar-refractivity contribution in [3.63, 3.8) is 0 Å². The van der Waals surface area contributed by atoms with Crippen LogP contribution in [0.2, 0.25) is 0 Å². The summed E-state index contributed by atoms with van der Waals surface area (Å²) >= 11 is 0. The molecular formula is C13H25N3O4. The highest BCUT2D eigenvalue weighted by molar-refractivity contribution is 5.82. The van der Waals surface area contributed by atoms with E-state index in [-0.39, 0.29) is 30.8 Å². The summed E-state index contributed by atoms with van der Waals surface area (Å²) in [5.41, 5.74) is 0. The first kappa shape index (κ1) is 18.4. The second kappa shape index (κ2) is 10.2. The van der Waals surface area contributed by atoms with E-state index < -0.39 is 5.97 Å². The maximum Gasteiger partial charge on any atom is 0.305 e. The Bertz CT molecular complexity index is 332. The van der Waals surface area contributed by atoms with Gasteiger partial charge < -0.3 is 15.7 Å². The van der Waals surface area contributed by atoms with Crippen molar-refractivity contribution in [2.45, 2.75) is 38.6 Å². The number of carboxylic acids is 1. The summed E-state index contributed by atoms with van der Waals surface area (Å²) in [5.74, 6) is -1.14. The van der Waals surface area contributed by atoms with Crippen molar-refractivity contribution in [3.05, 3.63) is 0 Å². The van der Waals surface area contributed by atoms with E-state index >= 15 is 0 Å². The third kappa shape index (κ3) is 9.32. The number of likely N-dealkylation sites (N-methyl/N-ethyl adjacent to an activating group) is 1. The average molecular weight is 292 g/mol. The van der Waals surface area contributed by atoms with Crippen LogP contribution in [-0.4, -0.2) is 61.0 Å². The van der Waals surface area contributed by atoms with Gasteiger partial charge in [0.15, 0.2) is 0 Å². The van der Waals surface area contributed by atoms with Crippen LogP contribution in [0.25, 0.3) is 0 Å². The largest absolute Gasteiger partial charge is 0.481 e. The fourth-order valence-electron chi connectivity index (χ4n) is 1.76. The standard InChI is InChI=1S/C13H25N3O4/c1-10(17)14-8-5-4-6-11(16(2)3)13(20)15-9-7-12(18)19/h11H,4-9H2,1-3H3,(H,14,17)(H,15,20)(H,18,19)/i4+1,5+1,6+1,8+1,10+1. The van der Waals surface area contributed by atoms with E-state index in [4.69, 9.17) is 5.11 Å². The summed E-state index contributed by atoms with van der Waals surface area (Å²) in [7, 11) is 3.63. The minimum atomic E-state index is -0.929. The van der Waals surface area contributed by atoms with E-state index in [0.717, 1.165) is 12.8 Å². The van der Waals surface area contributed by atoms with Crippen molar-refractivity contribution >= 4 is 17.8 Å². The van der Waals surface area contributed by atoms with E-state index in [9.17, 15) is 14.4 Å². The third-order valence-corrected chi connectivity index (χ3v) is 2.84. The van der Waals surface area contributed by atoms with Gasteiger partial charge in [-0.25, -0.2) is 0 Å². The number of carbonyl (C=O) groups is 3. The number of nitrogens with zero attached hydrogens (tertiary/aromatic N) is 1. The molecule has 0 bridgehead atoms. The number of nitrogens with one attached hydrogen (secondary N) is 2. The van der Waals surface area contributed by atoms with Crippen molar-refractivity contribution in [3.8, 4) is 0 Å². The Balaban J connectivity index is 3.99. The number of hydrogen-bond acceptors (Lipinski definition) is 4. The summed E-state index contributed by atoms with van der Waals surface area (Å²) in [6, 6.07) is -0.277. The fourth-order valence-corrected chi connectivity index (χ4v) is 1.76. The zero-order valence-electron chi connectivity index (χ0n) is 12.4. The minimum absolute atomic E-state index is 0.0550.